The fraction of sp³-hybridized carbons (Fsp3) is 0.333. The van der Waals surface area contributed by atoms with Crippen LogP contribution in [0, 0.1) is 0 Å². The van der Waals surface area contributed by atoms with E-state index >= 15 is 0 Å². The van der Waals surface area contributed by atoms with Crippen molar-refractivity contribution in [3.05, 3.63) is 76.7 Å². The van der Waals surface area contributed by atoms with Gasteiger partial charge in [0.05, 0.1) is 17.7 Å². The number of rotatable bonds is 7. The molecule has 1 aliphatic carbocycles. The summed E-state index contributed by atoms with van der Waals surface area (Å²) in [6.07, 6.45) is 0.898. The van der Waals surface area contributed by atoms with Crippen LogP contribution in [0.25, 0.3) is 11.3 Å². The minimum atomic E-state index is -0.902. The standard InChI is InChI=1S/C24H23ClFN3O2/c1-16(30)31-13-5-8-21-22(17-6-3-2-4-7-17)28-29-23(27-21)24(14-20(26)15-24)18-9-11-19(25)12-10-18/h2-4,6-7,9-12,20H,5,8,13-15H2,1H3/t20-,24-. The van der Waals surface area contributed by atoms with E-state index in [2.05, 4.69) is 10.2 Å². The van der Waals surface area contributed by atoms with Gasteiger partial charge in [-0.05, 0) is 43.4 Å². The predicted octanol–water partition coefficient (Wildman–Crippen LogP) is 5.11. The lowest BCUT2D eigenvalue weighted by atomic mass is 9.62. The first-order chi connectivity index (χ1) is 15.0. The first-order valence-electron chi connectivity index (χ1n) is 10.3. The molecule has 1 heterocycles. The molecule has 0 spiro atoms. The van der Waals surface area contributed by atoms with Crippen LogP contribution in [-0.4, -0.2) is 33.9 Å². The maximum Gasteiger partial charge on any atom is 0.302 e. The molecule has 0 N–H and O–H groups in total. The molecule has 31 heavy (non-hydrogen) atoms. The summed E-state index contributed by atoms with van der Waals surface area (Å²) in [5, 5.41) is 9.59. The molecule has 1 aromatic heterocycles. The van der Waals surface area contributed by atoms with Crippen LogP contribution < -0.4 is 0 Å². The van der Waals surface area contributed by atoms with Crippen molar-refractivity contribution in [3.63, 3.8) is 0 Å². The van der Waals surface area contributed by atoms with Gasteiger partial charge in [0.2, 0.25) is 0 Å². The topological polar surface area (TPSA) is 65.0 Å². The number of halogens is 2. The molecule has 7 heteroatoms. The summed E-state index contributed by atoms with van der Waals surface area (Å²) >= 11 is 6.05. The summed E-state index contributed by atoms with van der Waals surface area (Å²) in [5.41, 5.74) is 2.69. The van der Waals surface area contributed by atoms with E-state index < -0.39 is 11.6 Å². The Balaban J connectivity index is 1.71. The Kier molecular flexibility index (Phi) is 6.28. The van der Waals surface area contributed by atoms with Crippen LogP contribution in [0.2, 0.25) is 5.02 Å². The normalized spacial score (nSPS) is 20.2. The van der Waals surface area contributed by atoms with E-state index in [1.807, 2.05) is 42.5 Å². The maximum atomic E-state index is 14.1. The van der Waals surface area contributed by atoms with Crippen molar-refractivity contribution >= 4 is 17.6 Å². The van der Waals surface area contributed by atoms with Crippen LogP contribution >= 0.6 is 11.6 Å². The number of carbonyl (C=O) groups is 1. The maximum absolute atomic E-state index is 14.1. The van der Waals surface area contributed by atoms with E-state index in [-0.39, 0.29) is 5.97 Å². The van der Waals surface area contributed by atoms with Crippen molar-refractivity contribution in [1.29, 1.82) is 0 Å². The molecule has 160 valence electrons. The first-order valence-corrected chi connectivity index (χ1v) is 10.7. The number of benzene rings is 2. The molecular weight excluding hydrogens is 417 g/mol. The number of ether oxygens (including phenoxy) is 1. The summed E-state index contributed by atoms with van der Waals surface area (Å²) in [4.78, 5) is 16.0. The molecular formula is C24H23ClFN3O2. The third kappa shape index (κ3) is 4.59. The molecule has 5 nitrogen and oxygen atoms in total. The van der Waals surface area contributed by atoms with Gasteiger partial charge in [0, 0.05) is 17.5 Å². The van der Waals surface area contributed by atoms with Gasteiger partial charge >= 0.3 is 5.97 Å². The van der Waals surface area contributed by atoms with Crippen molar-refractivity contribution in [2.24, 2.45) is 0 Å². The molecule has 2 aromatic carbocycles. The molecule has 1 saturated carbocycles. The molecule has 0 unspecified atom stereocenters. The summed E-state index contributed by atoms with van der Waals surface area (Å²) in [7, 11) is 0. The van der Waals surface area contributed by atoms with Crippen LogP contribution in [0.4, 0.5) is 4.39 Å². The zero-order valence-corrected chi connectivity index (χ0v) is 18.0. The third-order valence-corrected chi connectivity index (χ3v) is 5.89. The fourth-order valence-corrected chi connectivity index (χ4v) is 4.15. The van der Waals surface area contributed by atoms with E-state index in [1.165, 1.54) is 6.92 Å². The van der Waals surface area contributed by atoms with Crippen molar-refractivity contribution in [2.75, 3.05) is 6.61 Å². The van der Waals surface area contributed by atoms with E-state index in [9.17, 15) is 9.18 Å². The zero-order chi connectivity index (χ0) is 21.8. The van der Waals surface area contributed by atoms with Gasteiger partial charge in [-0.2, -0.15) is 0 Å². The number of alkyl halides is 1. The highest BCUT2D eigenvalue weighted by Crippen LogP contribution is 2.49. The van der Waals surface area contributed by atoms with Gasteiger partial charge < -0.3 is 4.74 Å². The van der Waals surface area contributed by atoms with Crippen LogP contribution in [0.5, 0.6) is 0 Å². The Morgan fingerprint density at radius 3 is 2.48 bits per heavy atom. The molecule has 0 aliphatic heterocycles. The molecule has 0 atom stereocenters. The average molecular weight is 440 g/mol. The van der Waals surface area contributed by atoms with Crippen molar-refractivity contribution in [2.45, 2.75) is 44.2 Å². The van der Waals surface area contributed by atoms with Crippen LogP contribution in [-0.2, 0) is 21.4 Å². The largest absolute Gasteiger partial charge is 0.466 e. The molecule has 0 radical (unpaired) electrons. The molecule has 0 amide bonds. The predicted molar refractivity (Wildman–Crippen MR) is 117 cm³/mol. The summed E-state index contributed by atoms with van der Waals surface area (Å²) in [6.45, 7) is 1.69. The first kappa shape index (κ1) is 21.4. The van der Waals surface area contributed by atoms with E-state index in [4.69, 9.17) is 21.3 Å². The van der Waals surface area contributed by atoms with E-state index in [0.29, 0.717) is 48.8 Å². The lowest BCUT2D eigenvalue weighted by molar-refractivity contribution is -0.141. The van der Waals surface area contributed by atoms with E-state index in [1.54, 1.807) is 12.1 Å². The number of carbonyl (C=O) groups excluding carboxylic acids is 1. The number of hydrogen-bond donors (Lipinski definition) is 0. The van der Waals surface area contributed by atoms with Crippen LogP contribution in [0.3, 0.4) is 0 Å². The van der Waals surface area contributed by atoms with Crippen molar-refractivity contribution < 1.29 is 13.9 Å². The highest BCUT2D eigenvalue weighted by Gasteiger charge is 2.50. The van der Waals surface area contributed by atoms with Gasteiger partial charge in [0.15, 0.2) is 5.82 Å². The molecule has 0 bridgehead atoms. The third-order valence-electron chi connectivity index (χ3n) is 5.63. The van der Waals surface area contributed by atoms with Gasteiger partial charge in [-0.25, -0.2) is 9.37 Å². The van der Waals surface area contributed by atoms with Gasteiger partial charge in [-0.1, -0.05) is 54.1 Å². The Hall–Kier alpha value is -2.86. The Morgan fingerprint density at radius 2 is 1.84 bits per heavy atom. The number of aryl methyl sites for hydroxylation is 1. The second-order valence-corrected chi connectivity index (χ2v) is 8.27. The minimum Gasteiger partial charge on any atom is -0.466 e. The zero-order valence-electron chi connectivity index (χ0n) is 17.2. The van der Waals surface area contributed by atoms with Gasteiger partial charge in [0.25, 0.3) is 0 Å². The molecule has 3 aromatic rings. The lowest BCUT2D eigenvalue weighted by Crippen LogP contribution is -2.45. The summed E-state index contributed by atoms with van der Waals surface area (Å²) < 4.78 is 19.2. The summed E-state index contributed by atoms with van der Waals surface area (Å²) in [5.74, 6) is 0.209. The fourth-order valence-electron chi connectivity index (χ4n) is 4.02. The monoisotopic (exact) mass is 439 g/mol. The van der Waals surface area contributed by atoms with Crippen LogP contribution in [0.15, 0.2) is 54.6 Å². The van der Waals surface area contributed by atoms with E-state index in [0.717, 1.165) is 16.8 Å². The molecule has 1 aliphatic rings. The number of hydrogen-bond acceptors (Lipinski definition) is 5. The SMILES string of the molecule is CC(=O)OCCCc1nc([C@]2(c3ccc(Cl)cc3)C[C@@H](F)C2)nnc1-c1ccccc1. The Morgan fingerprint density at radius 1 is 1.13 bits per heavy atom. The number of nitrogens with zero attached hydrogens (tertiary/aromatic N) is 3. The highest BCUT2D eigenvalue weighted by atomic mass is 35.5. The van der Waals surface area contributed by atoms with Gasteiger partial charge in [0.1, 0.15) is 11.9 Å². The summed E-state index contributed by atoms with van der Waals surface area (Å²) in [6, 6.07) is 17.1. The second kappa shape index (κ2) is 9.10. The van der Waals surface area contributed by atoms with Crippen molar-refractivity contribution in [1.82, 2.24) is 15.2 Å². The Labute approximate surface area is 185 Å². The number of esters is 1. The van der Waals surface area contributed by atoms with Crippen LogP contribution in [0.1, 0.15) is 43.3 Å². The minimum absolute atomic E-state index is 0.303. The molecule has 0 saturated heterocycles. The van der Waals surface area contributed by atoms with Gasteiger partial charge in [-0.15, -0.1) is 10.2 Å². The smallest absolute Gasteiger partial charge is 0.302 e. The quantitative estimate of drug-likeness (QED) is 0.378. The Bertz CT molecular complexity index is 1050. The number of aromatic nitrogens is 3. The molecule has 1 fully saturated rings. The van der Waals surface area contributed by atoms with Gasteiger partial charge in [-0.3, -0.25) is 4.79 Å². The lowest BCUT2D eigenvalue weighted by Gasteiger charge is -2.43. The second-order valence-electron chi connectivity index (χ2n) is 7.83. The average Bonchev–Trinajstić information content (AvgIpc) is 2.75. The highest BCUT2D eigenvalue weighted by molar-refractivity contribution is 6.30. The van der Waals surface area contributed by atoms with Crippen molar-refractivity contribution in [3.8, 4) is 11.3 Å². The molecule has 4 rings (SSSR count).